The maximum Gasteiger partial charge on any atom is 1.00 e. The van der Waals surface area contributed by atoms with Crippen molar-refractivity contribution in [1.82, 2.24) is 15.2 Å². The average Bonchev–Trinajstić information content (AvgIpc) is 3.49. The van der Waals surface area contributed by atoms with E-state index in [1.165, 1.54) is 39.8 Å². The van der Waals surface area contributed by atoms with E-state index in [1.54, 1.807) is 5.38 Å². The number of esters is 1. The molecule has 2 atom stereocenters. The molecule has 0 spiro atoms. The number of hydrogen-bond donors (Lipinski definition) is 2. The second-order valence-corrected chi connectivity index (χ2v) is 13.6. The number of thiazole rings is 1. The number of amides is 2. The minimum atomic E-state index is -0.990. The van der Waals surface area contributed by atoms with Gasteiger partial charge in [-0.1, -0.05) is 103 Å². The number of hydrogen-bond acceptors (Lipinski definition) is 9. The van der Waals surface area contributed by atoms with Crippen LogP contribution < -0.4 is 56.7 Å². The Morgan fingerprint density at radius 2 is 1.59 bits per heavy atom. The van der Waals surface area contributed by atoms with E-state index in [1.807, 2.05) is 91.0 Å². The molecule has 9 nitrogen and oxygen atoms in total. The van der Waals surface area contributed by atoms with Gasteiger partial charge in [-0.2, -0.15) is 0 Å². The summed E-state index contributed by atoms with van der Waals surface area (Å²) in [4.78, 5) is 58.2. The first-order valence-electron chi connectivity index (χ1n) is 14.0. The van der Waals surface area contributed by atoms with Crippen molar-refractivity contribution in [1.29, 1.82) is 0 Å². The summed E-state index contributed by atoms with van der Waals surface area (Å²) in [6.45, 7) is 0. The van der Waals surface area contributed by atoms with Crippen LogP contribution in [0.1, 0.15) is 29.9 Å². The summed E-state index contributed by atoms with van der Waals surface area (Å²) in [5, 5.41) is 13.2. The maximum atomic E-state index is 14.1. The van der Waals surface area contributed by atoms with Crippen LogP contribution in [0, 0.1) is 0 Å². The Bertz CT molecular complexity index is 1720. The van der Waals surface area contributed by atoms with E-state index in [4.69, 9.17) is 9.84 Å². The van der Waals surface area contributed by atoms with Crippen molar-refractivity contribution in [3.63, 3.8) is 0 Å². The van der Waals surface area contributed by atoms with Gasteiger partial charge in [0.2, 0.25) is 5.91 Å². The molecule has 2 amide bonds. The number of carbonyl (C=O) groups is 4. The molecule has 1 saturated heterocycles. The molecule has 13 heteroatoms. The van der Waals surface area contributed by atoms with Crippen LogP contribution in [0.2, 0.25) is 0 Å². The van der Waals surface area contributed by atoms with Crippen LogP contribution in [0.4, 0.5) is 0 Å². The van der Waals surface area contributed by atoms with Crippen molar-refractivity contribution in [2.45, 2.75) is 34.7 Å². The van der Waals surface area contributed by atoms with E-state index in [0.29, 0.717) is 20.7 Å². The fraction of sp³-hybridized carbons (Fsp3) is 0.182. The minimum Gasteiger partial charge on any atom is -1.00 e. The standard InChI is InChI=1S/C33H27N3O6S3.K.H/c37-25(16-20-10-4-1-5-11-20)35-27-30(40)36-28(24(19-43-31(27)36)45-33-34-23(18-44-33)17-26(38)39)32(41)42-29(21-12-6-2-7-13-21)22-14-8-3-9-15-22;;/h1-15,18,27,29,31H,16-17,19H2,(H,35,37)(H,38,39);;/q;+1;-1/t27-,31-;;/m1../s1. The predicted octanol–water partition coefficient (Wildman–Crippen LogP) is 2.17. The topological polar surface area (TPSA) is 126 Å². The number of aliphatic carboxylic acids is 1. The van der Waals surface area contributed by atoms with Gasteiger partial charge in [-0.15, -0.1) is 23.1 Å². The Morgan fingerprint density at radius 1 is 0.978 bits per heavy atom. The van der Waals surface area contributed by atoms with Gasteiger partial charge in [0.1, 0.15) is 17.1 Å². The summed E-state index contributed by atoms with van der Waals surface area (Å²) < 4.78 is 6.74. The van der Waals surface area contributed by atoms with Crippen LogP contribution in [0.15, 0.2) is 111 Å². The Balaban J connectivity index is 0.00000250. The van der Waals surface area contributed by atoms with Crippen LogP contribution in [0.25, 0.3) is 0 Å². The number of nitrogens with one attached hydrogen (secondary N) is 1. The van der Waals surface area contributed by atoms with Crippen molar-refractivity contribution in [3.8, 4) is 0 Å². The van der Waals surface area contributed by atoms with Gasteiger partial charge in [-0.05, 0) is 16.7 Å². The number of aromatic nitrogens is 1. The Kier molecular flexibility index (Phi) is 11.9. The van der Waals surface area contributed by atoms with Crippen molar-refractivity contribution in [2.24, 2.45) is 0 Å². The van der Waals surface area contributed by atoms with E-state index in [0.717, 1.165) is 16.7 Å². The van der Waals surface area contributed by atoms with Crippen LogP contribution >= 0.6 is 34.9 Å². The number of carboxylic acid groups (broad SMARTS) is 1. The van der Waals surface area contributed by atoms with Gasteiger partial charge in [0.05, 0.1) is 18.5 Å². The largest absolute Gasteiger partial charge is 1.00 e. The van der Waals surface area contributed by atoms with E-state index < -0.39 is 35.4 Å². The quantitative estimate of drug-likeness (QED) is 0.138. The summed E-state index contributed by atoms with van der Waals surface area (Å²) in [7, 11) is 0. The molecule has 0 unspecified atom stereocenters. The Labute approximate surface area is 322 Å². The summed E-state index contributed by atoms with van der Waals surface area (Å²) >= 11 is 3.92. The van der Waals surface area contributed by atoms with Crippen molar-refractivity contribution in [3.05, 3.63) is 129 Å². The number of β-lactam (4-membered cyclic amide) rings is 1. The van der Waals surface area contributed by atoms with Crippen LogP contribution in [0.5, 0.6) is 0 Å². The average molecular weight is 698 g/mol. The smallest absolute Gasteiger partial charge is 1.00 e. The van der Waals surface area contributed by atoms with Gasteiger partial charge in [-0.3, -0.25) is 19.3 Å². The van der Waals surface area contributed by atoms with Gasteiger partial charge in [0, 0.05) is 16.0 Å². The molecule has 4 aromatic rings. The van der Waals surface area contributed by atoms with Gasteiger partial charge >= 0.3 is 63.3 Å². The minimum absolute atomic E-state index is 0. The molecule has 1 fully saturated rings. The monoisotopic (exact) mass is 697 g/mol. The molecule has 0 aliphatic carbocycles. The van der Waals surface area contributed by atoms with Gasteiger partial charge in [-0.25, -0.2) is 9.78 Å². The molecular weight excluding hydrogens is 670 g/mol. The number of carboxylic acids is 1. The number of rotatable bonds is 11. The molecule has 0 saturated carbocycles. The summed E-state index contributed by atoms with van der Waals surface area (Å²) in [6, 6.07) is 27.2. The number of nitrogens with zero attached hydrogens (tertiary/aromatic N) is 2. The number of fused-ring (bicyclic) bond motifs is 1. The van der Waals surface area contributed by atoms with Crippen LogP contribution in [-0.2, 0) is 36.8 Å². The second-order valence-electron chi connectivity index (χ2n) is 10.3. The van der Waals surface area contributed by atoms with Gasteiger partial charge in [0.25, 0.3) is 5.91 Å². The molecule has 2 N–H and O–H groups in total. The zero-order chi connectivity index (χ0) is 31.3. The predicted molar refractivity (Wildman–Crippen MR) is 173 cm³/mol. The summed E-state index contributed by atoms with van der Waals surface area (Å²) in [6.07, 6.45) is -0.814. The molecule has 2 aliphatic rings. The van der Waals surface area contributed by atoms with Gasteiger partial charge in [0.15, 0.2) is 10.4 Å². The number of thioether (sulfide) groups is 2. The van der Waals surface area contributed by atoms with Crippen molar-refractivity contribution < 1.29 is 81.8 Å². The first-order chi connectivity index (χ1) is 21.9. The molecule has 1 aromatic heterocycles. The van der Waals surface area contributed by atoms with Gasteiger partial charge < -0.3 is 16.6 Å². The van der Waals surface area contributed by atoms with E-state index >= 15 is 0 Å². The summed E-state index contributed by atoms with van der Waals surface area (Å²) in [5.74, 6) is -1.99. The number of benzene rings is 3. The zero-order valence-electron chi connectivity index (χ0n) is 25.7. The molecule has 2 aliphatic heterocycles. The van der Waals surface area contributed by atoms with Crippen LogP contribution in [-0.4, -0.2) is 55.9 Å². The summed E-state index contributed by atoms with van der Waals surface area (Å²) in [5.41, 5.74) is 2.89. The Morgan fingerprint density at radius 3 is 2.20 bits per heavy atom. The Hall–Kier alpha value is -2.75. The third kappa shape index (κ3) is 8.02. The zero-order valence-corrected chi connectivity index (χ0v) is 30.3. The molecule has 0 bridgehead atoms. The molecule has 230 valence electrons. The second kappa shape index (κ2) is 15.9. The SMILES string of the molecule is O=C(O)Cc1csc(SC2=C(C(=O)OC(c3ccccc3)c3ccccc3)N3C(=O)[C@@H](NC(=O)Cc4ccccc4)[C@H]3SC2)n1.[H-].[K+]. The number of ether oxygens (including phenoxy) is 1. The molecule has 3 aromatic carbocycles. The third-order valence-corrected chi connectivity index (χ3v) is 10.7. The normalized spacial score (nSPS) is 17.1. The maximum absolute atomic E-state index is 14.1. The van der Waals surface area contributed by atoms with Crippen molar-refractivity contribution in [2.75, 3.05) is 5.75 Å². The fourth-order valence-electron chi connectivity index (χ4n) is 5.09. The molecule has 6 rings (SSSR count). The fourth-order valence-corrected chi connectivity index (χ4v) is 8.56. The number of carbonyl (C=O) groups excluding carboxylic acids is 3. The molecule has 3 heterocycles. The van der Waals surface area contributed by atoms with E-state index in [9.17, 15) is 19.2 Å². The van der Waals surface area contributed by atoms with E-state index in [2.05, 4.69) is 10.3 Å². The van der Waals surface area contributed by atoms with E-state index in [-0.39, 0.29) is 77.3 Å². The molecule has 46 heavy (non-hydrogen) atoms. The van der Waals surface area contributed by atoms with Crippen LogP contribution in [0.3, 0.4) is 0 Å². The third-order valence-electron chi connectivity index (χ3n) is 7.15. The molecule has 0 radical (unpaired) electrons. The molecular formula is C33H28KN3O6S3. The first kappa shape index (κ1) is 34.6. The van der Waals surface area contributed by atoms with Crippen molar-refractivity contribution >= 4 is 58.6 Å². The first-order valence-corrected chi connectivity index (χ1v) is 16.8.